The van der Waals surface area contributed by atoms with Gasteiger partial charge in [0, 0.05) is 40.4 Å². The predicted octanol–water partition coefficient (Wildman–Crippen LogP) is 13.0. The van der Waals surface area contributed by atoms with Gasteiger partial charge in [0.15, 0.2) is 0 Å². The quantitative estimate of drug-likeness (QED) is 0.102. The maximum Gasteiger partial charge on any atom is 2.00 e. The second-order valence-electron chi connectivity index (χ2n) is 17.5. The van der Waals surface area contributed by atoms with Gasteiger partial charge in [-0.2, -0.15) is 11.2 Å². The Hall–Kier alpha value is -3.95. The average molecular weight is 914 g/mol. The van der Waals surface area contributed by atoms with Crippen molar-refractivity contribution in [2.75, 3.05) is 0 Å². The molecule has 0 bridgehead atoms. The second-order valence-corrected chi connectivity index (χ2v) is 17.5. The second kappa shape index (κ2) is 16.3. The van der Waals surface area contributed by atoms with E-state index in [9.17, 15) is 0 Å². The van der Waals surface area contributed by atoms with Crippen molar-refractivity contribution in [3.05, 3.63) is 119 Å². The number of rotatable bonds is 10. The molecule has 0 aliphatic heterocycles. The van der Waals surface area contributed by atoms with Crippen molar-refractivity contribution in [3.8, 4) is 23.0 Å². The summed E-state index contributed by atoms with van der Waals surface area (Å²) in [5, 5.41) is 7.54. The first-order valence-electron chi connectivity index (χ1n) is 20.2. The summed E-state index contributed by atoms with van der Waals surface area (Å²) in [7, 11) is 0. The molecule has 3 aromatic heterocycles. The Bertz CT molecular complexity index is 2340. The van der Waals surface area contributed by atoms with Crippen LogP contribution >= 0.6 is 0 Å². The number of benzene rings is 3. The Morgan fingerprint density at radius 2 is 1.69 bits per heavy atom. The maximum atomic E-state index is 6.76. The van der Waals surface area contributed by atoms with Gasteiger partial charge < -0.3 is 9.30 Å². The first-order chi connectivity index (χ1) is 25.7. The number of allylic oxidation sites excluding steroid dienone is 2. The maximum absolute atomic E-state index is 6.76. The van der Waals surface area contributed by atoms with Crippen molar-refractivity contribution in [1.82, 2.24) is 19.3 Å². The van der Waals surface area contributed by atoms with Gasteiger partial charge in [0.2, 0.25) is 0 Å². The van der Waals surface area contributed by atoms with Crippen molar-refractivity contribution in [2.24, 2.45) is 23.7 Å². The number of nitrogens with zero attached hydrogens (tertiary/aromatic N) is 4. The third kappa shape index (κ3) is 8.02. The van der Waals surface area contributed by atoms with Crippen molar-refractivity contribution in [2.45, 2.75) is 113 Å². The van der Waals surface area contributed by atoms with Gasteiger partial charge >= 0.3 is 21.1 Å². The molecule has 0 amide bonds. The van der Waals surface area contributed by atoms with Crippen LogP contribution in [-0.2, 0) is 32.9 Å². The minimum atomic E-state index is -0.120. The van der Waals surface area contributed by atoms with E-state index < -0.39 is 0 Å². The minimum absolute atomic E-state index is 0. The first kappa shape index (κ1) is 40.7. The monoisotopic (exact) mass is 913 g/mol. The van der Waals surface area contributed by atoms with Crippen molar-refractivity contribution < 1.29 is 25.8 Å². The molecule has 1 aliphatic rings. The van der Waals surface area contributed by atoms with Crippen molar-refractivity contribution in [1.29, 1.82) is 0 Å². The number of hydrogen-bond acceptors (Lipinski definition) is 3. The molecule has 290 valence electrons. The van der Waals surface area contributed by atoms with E-state index in [-0.39, 0.29) is 26.5 Å². The van der Waals surface area contributed by atoms with Gasteiger partial charge in [0.05, 0.1) is 5.69 Å². The molecule has 7 rings (SSSR count). The number of aryl methyl sites for hydroxylation is 2. The Labute approximate surface area is 343 Å². The van der Waals surface area contributed by atoms with Crippen LogP contribution < -0.4 is 4.74 Å². The fourth-order valence-electron chi connectivity index (χ4n) is 8.78. The zero-order valence-electron chi connectivity index (χ0n) is 34.7. The van der Waals surface area contributed by atoms with E-state index in [0.29, 0.717) is 41.1 Å². The van der Waals surface area contributed by atoms with Gasteiger partial charge in [-0.15, -0.1) is 41.3 Å². The third-order valence-electron chi connectivity index (χ3n) is 11.6. The molecule has 6 aromatic rings. The van der Waals surface area contributed by atoms with Gasteiger partial charge in [-0.1, -0.05) is 104 Å². The molecular formula is C49H58N4OPt. The minimum Gasteiger partial charge on any atom is -0.509 e. The molecule has 3 aromatic carbocycles. The predicted molar refractivity (Wildman–Crippen MR) is 224 cm³/mol. The van der Waals surface area contributed by atoms with Crippen LogP contribution in [-0.4, -0.2) is 19.3 Å². The molecule has 0 saturated heterocycles. The number of pyridine rings is 1. The SMILES string of the molecule is CCCCc1ccnc(-n2c3[c-]c(Oc4[c-]c(-n5nc(C)c(C6C(C(C)C)=C[C@H](C)C[C@@H]6C(C)C)c5C)cc(C(C)(C)C)c4)ccc3c3ccccc32)c1.[Pt+2]. The zero-order valence-corrected chi connectivity index (χ0v) is 36.9. The van der Waals surface area contributed by atoms with E-state index in [1.807, 2.05) is 12.3 Å². The van der Waals surface area contributed by atoms with E-state index in [1.165, 1.54) is 28.6 Å². The van der Waals surface area contributed by atoms with E-state index in [4.69, 9.17) is 14.8 Å². The summed E-state index contributed by atoms with van der Waals surface area (Å²) < 4.78 is 11.1. The van der Waals surface area contributed by atoms with E-state index in [0.717, 1.165) is 58.4 Å². The van der Waals surface area contributed by atoms with E-state index in [1.54, 1.807) is 5.57 Å². The van der Waals surface area contributed by atoms with Crippen LogP contribution in [0.15, 0.2) is 78.5 Å². The average Bonchev–Trinajstić information content (AvgIpc) is 3.62. The topological polar surface area (TPSA) is 44.9 Å². The molecular weight excluding hydrogens is 856 g/mol. The third-order valence-corrected chi connectivity index (χ3v) is 11.6. The Balaban J connectivity index is 0.00000514. The van der Waals surface area contributed by atoms with Crippen LogP contribution in [0.3, 0.4) is 0 Å². The van der Waals surface area contributed by atoms with Crippen LogP contribution in [0.1, 0.15) is 116 Å². The molecule has 0 fully saturated rings. The fraction of sp³-hybridized carbons (Fsp3) is 0.429. The Kier molecular flexibility index (Phi) is 12.0. The largest absolute Gasteiger partial charge is 2.00 e. The fourth-order valence-corrected chi connectivity index (χ4v) is 8.78. The molecule has 1 unspecified atom stereocenters. The number of ether oxygens (including phenoxy) is 1. The number of unbranched alkanes of at least 4 members (excludes halogenated alkanes) is 1. The molecule has 5 nitrogen and oxygen atoms in total. The van der Waals surface area contributed by atoms with Gasteiger partial charge in [0.25, 0.3) is 0 Å². The van der Waals surface area contributed by atoms with Crippen LogP contribution in [0.2, 0.25) is 0 Å². The molecule has 3 atom stereocenters. The standard InChI is InChI=1S/C49H58N4O.Pt/c1-12-13-16-35-21-22-50-46(25-35)52-44-18-15-14-17-40(44)41-20-19-38(29-45(41)52)54-39-27-36(49(9,10)11)26-37(28-39)53-34(8)47(33(7)51-53)48-42(30(2)3)23-32(6)24-43(48)31(4)5;/h14-15,17-23,25-27,30-32,43,48H,12-13,16,24H2,1-11H3;/q-2;+2/t32-,43+,48?;/m0./s1. The molecule has 55 heavy (non-hydrogen) atoms. The van der Waals surface area contributed by atoms with Crippen molar-refractivity contribution in [3.63, 3.8) is 0 Å². The van der Waals surface area contributed by atoms with Crippen LogP contribution in [0.4, 0.5) is 0 Å². The summed E-state index contributed by atoms with van der Waals surface area (Å²) >= 11 is 0. The molecule has 0 saturated carbocycles. The molecule has 3 heterocycles. The number of fused-ring (bicyclic) bond motifs is 3. The zero-order chi connectivity index (χ0) is 38.5. The number of para-hydroxylation sites is 1. The summed E-state index contributed by atoms with van der Waals surface area (Å²) in [6.45, 7) is 25.3. The van der Waals surface area contributed by atoms with E-state index in [2.05, 4.69) is 158 Å². The normalized spacial score (nSPS) is 17.6. The van der Waals surface area contributed by atoms with Gasteiger partial charge in [-0.3, -0.25) is 4.68 Å². The summed E-state index contributed by atoms with van der Waals surface area (Å²) in [6, 6.07) is 28.7. The first-order valence-corrected chi connectivity index (χ1v) is 20.2. The van der Waals surface area contributed by atoms with Crippen LogP contribution in [0, 0.1) is 49.7 Å². The molecule has 1 aliphatic carbocycles. The summed E-state index contributed by atoms with van der Waals surface area (Å²) in [5.74, 6) is 4.74. The van der Waals surface area contributed by atoms with Crippen LogP contribution in [0.25, 0.3) is 33.3 Å². The molecule has 6 heteroatoms. The number of aromatic nitrogens is 4. The van der Waals surface area contributed by atoms with Gasteiger partial charge in [-0.25, -0.2) is 4.98 Å². The Morgan fingerprint density at radius 1 is 0.927 bits per heavy atom. The summed E-state index contributed by atoms with van der Waals surface area (Å²) in [6.07, 6.45) is 9.03. The number of hydrogen-bond donors (Lipinski definition) is 0. The summed E-state index contributed by atoms with van der Waals surface area (Å²) in [5.41, 5.74) is 10.5. The van der Waals surface area contributed by atoms with Crippen LogP contribution in [0.5, 0.6) is 11.5 Å². The van der Waals surface area contributed by atoms with Gasteiger partial charge in [-0.05, 0) is 97.0 Å². The van der Waals surface area contributed by atoms with Crippen molar-refractivity contribution >= 4 is 21.8 Å². The molecule has 0 radical (unpaired) electrons. The Morgan fingerprint density at radius 3 is 2.40 bits per heavy atom. The van der Waals surface area contributed by atoms with E-state index >= 15 is 0 Å². The smallest absolute Gasteiger partial charge is 0.509 e. The van der Waals surface area contributed by atoms with Gasteiger partial charge in [0.1, 0.15) is 5.82 Å². The molecule has 0 spiro atoms. The summed E-state index contributed by atoms with van der Waals surface area (Å²) in [4.78, 5) is 4.85. The molecule has 0 N–H and O–H groups in total.